The summed E-state index contributed by atoms with van der Waals surface area (Å²) >= 11 is 6.17. The summed E-state index contributed by atoms with van der Waals surface area (Å²) in [5, 5.41) is 5.25. The smallest absolute Gasteiger partial charge is 0.338 e. The Balaban J connectivity index is 1.59. The Morgan fingerprint density at radius 3 is 2.53 bits per heavy atom. The highest BCUT2D eigenvalue weighted by Gasteiger charge is 2.22. The lowest BCUT2D eigenvalue weighted by molar-refractivity contribution is -0.118. The lowest BCUT2D eigenvalue weighted by Crippen LogP contribution is -2.20. The minimum absolute atomic E-state index is 0.244. The van der Waals surface area contributed by atoms with Crippen LogP contribution in [-0.2, 0) is 14.3 Å². The fourth-order valence-corrected chi connectivity index (χ4v) is 3.75. The lowest BCUT2D eigenvalue weighted by atomic mass is 10.2. The van der Waals surface area contributed by atoms with Crippen molar-refractivity contribution < 1.29 is 28.6 Å². The molecule has 0 aromatic heterocycles. The van der Waals surface area contributed by atoms with Crippen LogP contribution in [0, 0.1) is 0 Å². The summed E-state index contributed by atoms with van der Waals surface area (Å²) in [6.07, 6.45) is 1.69. The zero-order chi connectivity index (χ0) is 23.1. The quantitative estimate of drug-likeness (QED) is 0.342. The van der Waals surface area contributed by atoms with Crippen LogP contribution >= 0.6 is 24.0 Å². The van der Waals surface area contributed by atoms with Crippen LogP contribution < -0.4 is 20.1 Å². The number of rotatable bonds is 8. The van der Waals surface area contributed by atoms with E-state index in [1.165, 1.54) is 18.9 Å². The lowest BCUT2D eigenvalue weighted by Gasteiger charge is -2.12. The average Bonchev–Trinajstić information content (AvgIpc) is 3.09. The van der Waals surface area contributed by atoms with Crippen molar-refractivity contribution in [1.29, 1.82) is 0 Å². The third-order valence-corrected chi connectivity index (χ3v) is 5.33. The summed E-state index contributed by atoms with van der Waals surface area (Å²) in [6, 6.07) is 11.4. The zero-order valence-electron chi connectivity index (χ0n) is 17.3. The normalized spacial score (nSPS) is 14.1. The van der Waals surface area contributed by atoms with Crippen LogP contribution in [0.5, 0.6) is 11.5 Å². The molecule has 0 atom stereocenters. The molecule has 0 unspecified atom stereocenters. The minimum atomic E-state index is -0.422. The monoisotopic (exact) mass is 472 g/mol. The van der Waals surface area contributed by atoms with Crippen molar-refractivity contribution >= 4 is 57.8 Å². The number of hydrogen-bond donors (Lipinski definition) is 2. The van der Waals surface area contributed by atoms with Crippen LogP contribution in [0.15, 0.2) is 47.4 Å². The number of esters is 1. The van der Waals surface area contributed by atoms with Crippen molar-refractivity contribution in [1.82, 2.24) is 5.32 Å². The number of nitrogens with one attached hydrogen (secondary N) is 2. The van der Waals surface area contributed by atoms with Gasteiger partial charge in [-0.05, 0) is 55.0 Å². The van der Waals surface area contributed by atoms with Crippen molar-refractivity contribution in [2.45, 2.75) is 6.92 Å². The Kier molecular flexibility index (Phi) is 7.85. The van der Waals surface area contributed by atoms with Crippen molar-refractivity contribution in [3.8, 4) is 11.5 Å². The molecule has 1 aliphatic rings. The molecule has 2 amide bonds. The number of hydrogen-bond acceptors (Lipinski definition) is 8. The van der Waals surface area contributed by atoms with Gasteiger partial charge in [-0.1, -0.05) is 30.0 Å². The van der Waals surface area contributed by atoms with E-state index in [2.05, 4.69) is 10.6 Å². The molecule has 1 saturated heterocycles. The van der Waals surface area contributed by atoms with Gasteiger partial charge in [-0.25, -0.2) is 4.79 Å². The third kappa shape index (κ3) is 6.08. The van der Waals surface area contributed by atoms with Crippen LogP contribution in [0.1, 0.15) is 22.8 Å². The van der Waals surface area contributed by atoms with E-state index in [1.54, 1.807) is 55.5 Å². The van der Waals surface area contributed by atoms with E-state index in [1.807, 2.05) is 0 Å². The molecule has 1 aliphatic heterocycles. The van der Waals surface area contributed by atoms with Crippen LogP contribution in [-0.4, -0.2) is 42.4 Å². The van der Waals surface area contributed by atoms with Crippen molar-refractivity contribution in [2.75, 3.05) is 25.6 Å². The topological polar surface area (TPSA) is 103 Å². The first-order valence-electron chi connectivity index (χ1n) is 9.52. The molecule has 1 heterocycles. The molecular weight excluding hydrogens is 452 g/mol. The van der Waals surface area contributed by atoms with Gasteiger partial charge in [0.2, 0.25) is 0 Å². The van der Waals surface area contributed by atoms with Gasteiger partial charge in [-0.2, -0.15) is 0 Å². The summed E-state index contributed by atoms with van der Waals surface area (Å²) in [4.78, 5) is 36.2. The molecule has 32 heavy (non-hydrogen) atoms. The number of anilines is 1. The number of methoxy groups -OCH3 is 1. The predicted octanol–water partition coefficient (Wildman–Crippen LogP) is 3.38. The number of thiocarbonyl (C=S) groups is 1. The van der Waals surface area contributed by atoms with E-state index in [4.69, 9.17) is 26.4 Å². The number of benzene rings is 2. The number of carbonyl (C=O) groups is 3. The Hall–Kier alpha value is -3.37. The first-order valence-corrected chi connectivity index (χ1v) is 10.7. The van der Waals surface area contributed by atoms with Gasteiger partial charge in [0.05, 0.1) is 24.2 Å². The molecule has 2 aromatic rings. The number of carbonyl (C=O) groups excluding carboxylic acids is 3. The van der Waals surface area contributed by atoms with Crippen LogP contribution in [0.25, 0.3) is 6.08 Å². The Labute approximate surface area is 194 Å². The van der Waals surface area contributed by atoms with Crippen molar-refractivity contribution in [3.63, 3.8) is 0 Å². The van der Waals surface area contributed by atoms with E-state index >= 15 is 0 Å². The molecular formula is C22H20N2O6S2. The van der Waals surface area contributed by atoms with Crippen molar-refractivity contribution in [2.24, 2.45) is 0 Å². The molecule has 8 nitrogen and oxygen atoms in total. The largest absolute Gasteiger partial charge is 0.493 e. The number of thioether (sulfide) groups is 1. The van der Waals surface area contributed by atoms with Crippen LogP contribution in [0.4, 0.5) is 5.69 Å². The molecule has 2 N–H and O–H groups in total. The second-order valence-electron chi connectivity index (χ2n) is 6.40. The van der Waals surface area contributed by atoms with Gasteiger partial charge in [0, 0.05) is 5.69 Å². The molecule has 0 bridgehead atoms. The molecule has 2 aromatic carbocycles. The van der Waals surface area contributed by atoms with Gasteiger partial charge in [0.1, 0.15) is 4.32 Å². The molecule has 0 radical (unpaired) electrons. The fourth-order valence-electron chi connectivity index (χ4n) is 2.71. The molecule has 3 rings (SSSR count). The number of ether oxygens (including phenoxy) is 3. The molecule has 1 fully saturated rings. The summed E-state index contributed by atoms with van der Waals surface area (Å²) in [5.74, 6) is -0.255. The average molecular weight is 473 g/mol. The molecule has 10 heteroatoms. The summed E-state index contributed by atoms with van der Waals surface area (Å²) in [6.45, 7) is 1.77. The second kappa shape index (κ2) is 10.8. The van der Waals surface area contributed by atoms with E-state index < -0.39 is 5.97 Å². The van der Waals surface area contributed by atoms with Gasteiger partial charge in [0.25, 0.3) is 11.8 Å². The SMILES string of the molecule is CCOC(=O)c1ccc(NC(=O)COc2ccc(/C=C3\SC(=S)NC3=O)cc2OC)cc1. The summed E-state index contributed by atoms with van der Waals surface area (Å²) in [5.41, 5.74) is 1.64. The summed E-state index contributed by atoms with van der Waals surface area (Å²) < 4.78 is 16.3. The van der Waals surface area contributed by atoms with Gasteiger partial charge in [-0.15, -0.1) is 0 Å². The Bertz CT molecular complexity index is 1080. The first kappa shape index (κ1) is 23.3. The maximum Gasteiger partial charge on any atom is 0.338 e. The molecule has 0 saturated carbocycles. The van der Waals surface area contributed by atoms with Crippen molar-refractivity contribution in [3.05, 3.63) is 58.5 Å². The Morgan fingerprint density at radius 1 is 1.16 bits per heavy atom. The Morgan fingerprint density at radius 2 is 1.91 bits per heavy atom. The molecule has 0 aliphatic carbocycles. The zero-order valence-corrected chi connectivity index (χ0v) is 18.9. The molecule has 0 spiro atoms. The number of amides is 2. The molecule has 166 valence electrons. The fraction of sp³-hybridized carbons (Fsp3) is 0.182. The van der Waals surface area contributed by atoms with E-state index in [0.29, 0.717) is 38.6 Å². The van der Waals surface area contributed by atoms with Gasteiger partial charge in [-0.3, -0.25) is 9.59 Å². The maximum atomic E-state index is 12.2. The first-order chi connectivity index (χ1) is 15.4. The standard InChI is InChI=1S/C22H20N2O6S2/c1-3-29-21(27)14-5-7-15(8-6-14)23-19(25)12-30-16-9-4-13(10-17(16)28-2)11-18-20(26)24-22(31)32-18/h4-11H,3,12H2,1-2H3,(H,23,25)(H,24,26,31)/b18-11-. The van der Waals surface area contributed by atoms with E-state index in [0.717, 1.165) is 5.56 Å². The highest BCUT2D eigenvalue weighted by Crippen LogP contribution is 2.31. The highest BCUT2D eigenvalue weighted by atomic mass is 32.2. The minimum Gasteiger partial charge on any atom is -0.493 e. The van der Waals surface area contributed by atoms with Crippen LogP contribution in [0.3, 0.4) is 0 Å². The predicted molar refractivity (Wildman–Crippen MR) is 126 cm³/mol. The van der Waals surface area contributed by atoms with E-state index in [-0.39, 0.29) is 18.4 Å². The van der Waals surface area contributed by atoms with Gasteiger partial charge >= 0.3 is 5.97 Å². The van der Waals surface area contributed by atoms with Gasteiger partial charge in [0.15, 0.2) is 18.1 Å². The summed E-state index contributed by atoms with van der Waals surface area (Å²) in [7, 11) is 1.48. The third-order valence-electron chi connectivity index (χ3n) is 4.17. The van der Waals surface area contributed by atoms with Crippen LogP contribution in [0.2, 0.25) is 0 Å². The van der Waals surface area contributed by atoms with Gasteiger partial charge < -0.3 is 24.8 Å². The second-order valence-corrected chi connectivity index (χ2v) is 8.12. The highest BCUT2D eigenvalue weighted by molar-refractivity contribution is 8.26. The van der Waals surface area contributed by atoms with E-state index in [9.17, 15) is 14.4 Å². The maximum absolute atomic E-state index is 12.2.